The number of rotatable bonds is 5. The van der Waals surface area contributed by atoms with Crippen LogP contribution in [0, 0.1) is 0 Å². The number of amides is 2. The third-order valence-electron chi connectivity index (χ3n) is 3.11. The van der Waals surface area contributed by atoms with E-state index in [9.17, 15) is 18.0 Å². The molecule has 1 fully saturated rings. The lowest BCUT2D eigenvalue weighted by atomic mass is 10.1. The van der Waals surface area contributed by atoms with E-state index in [1.165, 1.54) is 12.1 Å². The molecule has 1 saturated heterocycles. The molecule has 0 bridgehead atoms. The molecule has 114 valence electrons. The van der Waals surface area contributed by atoms with Gasteiger partial charge in [0.25, 0.3) is 0 Å². The Morgan fingerprint density at radius 3 is 2.62 bits per heavy atom. The van der Waals surface area contributed by atoms with E-state index in [1.807, 2.05) is 0 Å². The highest BCUT2D eigenvalue weighted by atomic mass is 32.2. The smallest absolute Gasteiger partial charge is 0.241 e. The van der Waals surface area contributed by atoms with Crippen molar-refractivity contribution in [1.29, 1.82) is 0 Å². The maximum absolute atomic E-state index is 11.9. The van der Waals surface area contributed by atoms with Crippen LogP contribution in [0.4, 0.5) is 0 Å². The van der Waals surface area contributed by atoms with Crippen LogP contribution in [-0.4, -0.2) is 39.4 Å². The molecule has 1 aliphatic rings. The van der Waals surface area contributed by atoms with Gasteiger partial charge in [-0.25, -0.2) is 13.1 Å². The maximum Gasteiger partial charge on any atom is 0.241 e. The SMILES string of the molecule is O=C1CCC(NC(=O)CNS(=O)(=O)c2ccccc2)CN1. The van der Waals surface area contributed by atoms with Crippen LogP contribution >= 0.6 is 0 Å². The largest absolute Gasteiger partial charge is 0.354 e. The molecule has 3 N–H and O–H groups in total. The summed E-state index contributed by atoms with van der Waals surface area (Å²) >= 11 is 0. The monoisotopic (exact) mass is 311 g/mol. The summed E-state index contributed by atoms with van der Waals surface area (Å²) < 4.78 is 26.1. The minimum Gasteiger partial charge on any atom is -0.354 e. The minimum absolute atomic E-state index is 0.0368. The molecule has 1 unspecified atom stereocenters. The standard InChI is InChI=1S/C13H17N3O4S/c17-12-7-6-10(8-14-12)16-13(18)9-15-21(19,20)11-4-2-1-3-5-11/h1-5,10,15H,6-9H2,(H,14,17)(H,16,18). The molecule has 0 radical (unpaired) electrons. The van der Waals surface area contributed by atoms with Crippen LogP contribution in [0.2, 0.25) is 0 Å². The van der Waals surface area contributed by atoms with Crippen LogP contribution in [0.5, 0.6) is 0 Å². The van der Waals surface area contributed by atoms with Gasteiger partial charge in [-0.2, -0.15) is 0 Å². The van der Waals surface area contributed by atoms with E-state index in [0.29, 0.717) is 19.4 Å². The lowest BCUT2D eigenvalue weighted by Crippen LogP contribution is -2.50. The number of hydrogen-bond acceptors (Lipinski definition) is 4. The van der Waals surface area contributed by atoms with Gasteiger partial charge in [0.15, 0.2) is 0 Å². The number of carbonyl (C=O) groups excluding carboxylic acids is 2. The average molecular weight is 311 g/mol. The van der Waals surface area contributed by atoms with Gasteiger partial charge in [0.2, 0.25) is 21.8 Å². The zero-order valence-electron chi connectivity index (χ0n) is 11.3. The predicted molar refractivity (Wildman–Crippen MR) is 75.8 cm³/mol. The average Bonchev–Trinajstić information content (AvgIpc) is 2.49. The van der Waals surface area contributed by atoms with Gasteiger partial charge in [0.05, 0.1) is 11.4 Å². The van der Waals surface area contributed by atoms with Gasteiger partial charge in [-0.1, -0.05) is 18.2 Å². The molecule has 1 aliphatic heterocycles. The molecule has 1 aromatic carbocycles. The first-order chi connectivity index (χ1) is 9.97. The topological polar surface area (TPSA) is 104 Å². The molecule has 1 atom stereocenters. The quantitative estimate of drug-likeness (QED) is 0.673. The summed E-state index contributed by atoms with van der Waals surface area (Å²) in [6.45, 7) is 0.0394. The van der Waals surface area contributed by atoms with E-state index >= 15 is 0 Å². The molecule has 2 rings (SSSR count). The fourth-order valence-corrected chi connectivity index (χ4v) is 2.98. The molecule has 0 saturated carbocycles. The highest BCUT2D eigenvalue weighted by molar-refractivity contribution is 7.89. The van der Waals surface area contributed by atoms with Crippen molar-refractivity contribution in [3.05, 3.63) is 30.3 Å². The molecule has 1 heterocycles. The zero-order valence-corrected chi connectivity index (χ0v) is 12.2. The number of piperidine rings is 1. The Kier molecular flexibility index (Phi) is 4.92. The fraction of sp³-hybridized carbons (Fsp3) is 0.385. The van der Waals surface area contributed by atoms with Crippen LogP contribution in [0.15, 0.2) is 35.2 Å². The number of nitrogens with one attached hydrogen (secondary N) is 3. The normalized spacial score (nSPS) is 18.9. The Morgan fingerprint density at radius 2 is 2.00 bits per heavy atom. The molecule has 21 heavy (non-hydrogen) atoms. The fourth-order valence-electron chi connectivity index (χ4n) is 1.98. The van der Waals surface area contributed by atoms with Gasteiger partial charge in [-0.05, 0) is 18.6 Å². The molecular weight excluding hydrogens is 294 g/mol. The molecule has 2 amide bonds. The number of benzene rings is 1. The first kappa shape index (κ1) is 15.5. The lowest BCUT2D eigenvalue weighted by Gasteiger charge is -2.23. The highest BCUT2D eigenvalue weighted by Crippen LogP contribution is 2.06. The third kappa shape index (κ3) is 4.54. The Bertz CT molecular complexity index is 606. The highest BCUT2D eigenvalue weighted by Gasteiger charge is 2.20. The van der Waals surface area contributed by atoms with Crippen molar-refractivity contribution in [3.63, 3.8) is 0 Å². The molecule has 1 aromatic rings. The van der Waals surface area contributed by atoms with Crippen LogP contribution in [0.3, 0.4) is 0 Å². The summed E-state index contributed by atoms with van der Waals surface area (Å²) in [4.78, 5) is 22.8. The Labute approximate surface area is 123 Å². The Balaban J connectivity index is 1.82. The molecular formula is C13H17N3O4S. The van der Waals surface area contributed by atoms with Crippen molar-refractivity contribution >= 4 is 21.8 Å². The third-order valence-corrected chi connectivity index (χ3v) is 4.52. The minimum atomic E-state index is -3.69. The number of sulfonamides is 1. The van der Waals surface area contributed by atoms with E-state index in [1.54, 1.807) is 18.2 Å². The number of hydrogen-bond donors (Lipinski definition) is 3. The van der Waals surface area contributed by atoms with E-state index in [-0.39, 0.29) is 23.4 Å². The van der Waals surface area contributed by atoms with E-state index in [2.05, 4.69) is 15.4 Å². The second kappa shape index (κ2) is 6.68. The first-order valence-electron chi connectivity index (χ1n) is 6.58. The summed E-state index contributed by atoms with van der Waals surface area (Å²) in [5.41, 5.74) is 0. The van der Waals surface area contributed by atoms with Crippen molar-refractivity contribution in [2.45, 2.75) is 23.8 Å². The van der Waals surface area contributed by atoms with Gasteiger partial charge in [-0.3, -0.25) is 9.59 Å². The van der Waals surface area contributed by atoms with Gasteiger partial charge in [-0.15, -0.1) is 0 Å². The molecule has 0 aromatic heterocycles. The summed E-state index contributed by atoms with van der Waals surface area (Å²) in [7, 11) is -3.69. The van der Waals surface area contributed by atoms with Crippen molar-refractivity contribution in [3.8, 4) is 0 Å². The Hall–Kier alpha value is -1.93. The van der Waals surface area contributed by atoms with Crippen molar-refractivity contribution in [1.82, 2.24) is 15.4 Å². The summed E-state index contributed by atoms with van der Waals surface area (Å²) in [6.07, 6.45) is 0.920. The predicted octanol–water partition coefficient (Wildman–Crippen LogP) is -0.640. The molecule has 8 heteroatoms. The molecule has 0 aliphatic carbocycles. The van der Waals surface area contributed by atoms with Crippen LogP contribution in [-0.2, 0) is 19.6 Å². The van der Waals surface area contributed by atoms with Gasteiger partial charge >= 0.3 is 0 Å². The van der Waals surface area contributed by atoms with Crippen LogP contribution in [0.25, 0.3) is 0 Å². The first-order valence-corrected chi connectivity index (χ1v) is 8.06. The van der Waals surface area contributed by atoms with Gasteiger partial charge < -0.3 is 10.6 Å². The lowest BCUT2D eigenvalue weighted by molar-refractivity contribution is -0.125. The van der Waals surface area contributed by atoms with Crippen LogP contribution in [0.1, 0.15) is 12.8 Å². The van der Waals surface area contributed by atoms with Gasteiger partial charge in [0.1, 0.15) is 0 Å². The second-order valence-electron chi connectivity index (χ2n) is 4.74. The number of carbonyl (C=O) groups is 2. The van der Waals surface area contributed by atoms with E-state index < -0.39 is 15.9 Å². The molecule has 0 spiro atoms. The summed E-state index contributed by atoms with van der Waals surface area (Å²) in [5.74, 6) is -0.457. The van der Waals surface area contributed by atoms with Crippen molar-refractivity contribution in [2.24, 2.45) is 0 Å². The zero-order chi connectivity index (χ0) is 15.3. The van der Waals surface area contributed by atoms with E-state index in [4.69, 9.17) is 0 Å². The maximum atomic E-state index is 11.9. The van der Waals surface area contributed by atoms with Gasteiger partial charge in [0, 0.05) is 19.0 Å². The van der Waals surface area contributed by atoms with Crippen molar-refractivity contribution in [2.75, 3.05) is 13.1 Å². The Morgan fingerprint density at radius 1 is 1.29 bits per heavy atom. The summed E-state index contributed by atoms with van der Waals surface area (Å²) in [6, 6.07) is 7.69. The van der Waals surface area contributed by atoms with Crippen LogP contribution < -0.4 is 15.4 Å². The summed E-state index contributed by atoms with van der Waals surface area (Å²) in [5, 5.41) is 5.33. The molecule has 7 nitrogen and oxygen atoms in total. The van der Waals surface area contributed by atoms with Crippen molar-refractivity contribution < 1.29 is 18.0 Å². The second-order valence-corrected chi connectivity index (χ2v) is 6.51. The van der Waals surface area contributed by atoms with E-state index in [0.717, 1.165) is 0 Å².